The Balaban J connectivity index is 0.00000192. The maximum Gasteiger partial charge on any atom is 0.240 e. The van der Waals surface area contributed by atoms with E-state index in [1.807, 2.05) is 30.3 Å². The Labute approximate surface area is 144 Å². The standard InChI is InChI=1S/C18H24N2O2.ClH/c1-19-16(21)14-18(17(19)22,15-8-4-2-5-9-15)10-13-20-11-6-3-7-12-20;/h2,4-5,8-9H,3,6-7,10-14H2,1H3;1H. The molecule has 0 aromatic heterocycles. The smallest absolute Gasteiger partial charge is 0.240 e. The van der Waals surface area contributed by atoms with Crippen molar-refractivity contribution in [2.45, 2.75) is 37.5 Å². The lowest BCUT2D eigenvalue weighted by Gasteiger charge is -2.32. The van der Waals surface area contributed by atoms with Gasteiger partial charge < -0.3 is 4.90 Å². The van der Waals surface area contributed by atoms with E-state index in [1.165, 1.54) is 24.2 Å². The molecule has 1 aromatic carbocycles. The Kier molecular flexibility index (Phi) is 5.82. The van der Waals surface area contributed by atoms with Crippen molar-refractivity contribution in [3.05, 3.63) is 35.9 Å². The molecule has 2 heterocycles. The van der Waals surface area contributed by atoms with Crippen molar-refractivity contribution < 1.29 is 9.59 Å². The van der Waals surface area contributed by atoms with Crippen molar-refractivity contribution in [1.82, 2.24) is 9.80 Å². The second-order valence-corrected chi connectivity index (χ2v) is 6.54. The molecule has 0 radical (unpaired) electrons. The highest BCUT2D eigenvalue weighted by molar-refractivity contribution is 6.08. The summed E-state index contributed by atoms with van der Waals surface area (Å²) in [5.74, 6) is -0.104. The van der Waals surface area contributed by atoms with Crippen LogP contribution >= 0.6 is 12.4 Å². The summed E-state index contributed by atoms with van der Waals surface area (Å²) in [6.45, 7) is 3.12. The first kappa shape index (κ1) is 18.0. The summed E-state index contributed by atoms with van der Waals surface area (Å²) in [5.41, 5.74) is 0.319. The summed E-state index contributed by atoms with van der Waals surface area (Å²) >= 11 is 0. The Hall–Kier alpha value is -1.39. The maximum atomic E-state index is 12.8. The number of likely N-dealkylation sites (N-methyl/N-ethyl adjacent to an activating group) is 1. The molecule has 2 aliphatic heterocycles. The molecule has 1 atom stereocenters. The molecular formula is C18H25ClN2O2. The van der Waals surface area contributed by atoms with Gasteiger partial charge in [0, 0.05) is 13.5 Å². The number of carbonyl (C=O) groups is 2. The predicted molar refractivity (Wildman–Crippen MR) is 92.7 cm³/mol. The van der Waals surface area contributed by atoms with E-state index >= 15 is 0 Å². The van der Waals surface area contributed by atoms with E-state index in [-0.39, 0.29) is 24.2 Å². The third kappa shape index (κ3) is 3.43. The number of benzene rings is 1. The SMILES string of the molecule is CN1C(=O)CC(CCN2CCCCC2)(c2ccccc2)C1=O.Cl. The van der Waals surface area contributed by atoms with Gasteiger partial charge in [-0.2, -0.15) is 0 Å². The molecule has 5 heteroatoms. The number of carbonyl (C=O) groups excluding carboxylic acids is 2. The second-order valence-electron chi connectivity index (χ2n) is 6.54. The maximum absolute atomic E-state index is 12.8. The third-order valence-corrected chi connectivity index (χ3v) is 5.17. The Morgan fingerprint density at radius 1 is 1.04 bits per heavy atom. The zero-order valence-electron chi connectivity index (χ0n) is 13.7. The average molecular weight is 337 g/mol. The average Bonchev–Trinajstić information content (AvgIpc) is 2.80. The lowest BCUT2D eigenvalue weighted by Crippen LogP contribution is -2.41. The Morgan fingerprint density at radius 2 is 1.70 bits per heavy atom. The minimum Gasteiger partial charge on any atom is -0.303 e. The summed E-state index contributed by atoms with van der Waals surface area (Å²) in [6.07, 6.45) is 4.82. The molecular weight excluding hydrogens is 312 g/mol. The number of rotatable bonds is 4. The summed E-state index contributed by atoms with van der Waals surface area (Å²) in [4.78, 5) is 28.7. The Morgan fingerprint density at radius 3 is 2.26 bits per heavy atom. The van der Waals surface area contributed by atoms with Gasteiger partial charge in [-0.15, -0.1) is 12.4 Å². The summed E-state index contributed by atoms with van der Waals surface area (Å²) < 4.78 is 0. The van der Waals surface area contributed by atoms with Crippen LogP contribution in [0.5, 0.6) is 0 Å². The first-order valence-corrected chi connectivity index (χ1v) is 8.22. The van der Waals surface area contributed by atoms with Crippen LogP contribution in [0.2, 0.25) is 0 Å². The number of amides is 2. The quantitative estimate of drug-likeness (QED) is 0.794. The van der Waals surface area contributed by atoms with Gasteiger partial charge >= 0.3 is 0 Å². The van der Waals surface area contributed by atoms with E-state index in [4.69, 9.17) is 0 Å². The van der Waals surface area contributed by atoms with Gasteiger partial charge in [-0.3, -0.25) is 14.5 Å². The van der Waals surface area contributed by atoms with Crippen molar-refractivity contribution in [3.8, 4) is 0 Å². The molecule has 0 saturated carbocycles. The van der Waals surface area contributed by atoms with Gasteiger partial charge in [0.1, 0.15) is 0 Å². The van der Waals surface area contributed by atoms with E-state index in [0.717, 1.165) is 31.6 Å². The van der Waals surface area contributed by atoms with Gasteiger partial charge in [0.15, 0.2) is 0 Å². The number of halogens is 1. The van der Waals surface area contributed by atoms with E-state index in [1.54, 1.807) is 7.05 Å². The molecule has 2 amide bonds. The minimum absolute atomic E-state index is 0. The van der Waals surface area contributed by atoms with E-state index < -0.39 is 5.41 Å². The molecule has 126 valence electrons. The van der Waals surface area contributed by atoms with Crippen molar-refractivity contribution in [2.75, 3.05) is 26.7 Å². The molecule has 2 aliphatic rings. The molecule has 0 spiro atoms. The lowest BCUT2D eigenvalue weighted by atomic mass is 9.76. The molecule has 1 aromatic rings. The molecule has 3 rings (SSSR count). The zero-order valence-corrected chi connectivity index (χ0v) is 14.5. The van der Waals surface area contributed by atoms with Crippen molar-refractivity contribution in [3.63, 3.8) is 0 Å². The van der Waals surface area contributed by atoms with E-state index in [2.05, 4.69) is 4.90 Å². The van der Waals surface area contributed by atoms with Crippen molar-refractivity contribution in [2.24, 2.45) is 0 Å². The predicted octanol–water partition coefficient (Wildman–Crippen LogP) is 2.61. The van der Waals surface area contributed by atoms with Gasteiger partial charge in [-0.25, -0.2) is 0 Å². The number of nitrogens with zero attached hydrogens (tertiary/aromatic N) is 2. The van der Waals surface area contributed by atoms with Crippen LogP contribution in [0.4, 0.5) is 0 Å². The van der Waals surface area contributed by atoms with Crippen LogP contribution in [0.1, 0.15) is 37.7 Å². The highest BCUT2D eigenvalue weighted by atomic mass is 35.5. The van der Waals surface area contributed by atoms with Gasteiger partial charge in [0.25, 0.3) is 0 Å². The molecule has 2 fully saturated rings. The largest absolute Gasteiger partial charge is 0.303 e. The minimum atomic E-state index is -0.662. The van der Waals surface area contributed by atoms with Gasteiger partial charge in [-0.1, -0.05) is 36.8 Å². The molecule has 0 bridgehead atoms. The van der Waals surface area contributed by atoms with Gasteiger partial charge in [0.05, 0.1) is 5.41 Å². The summed E-state index contributed by atoms with van der Waals surface area (Å²) in [6, 6.07) is 9.83. The molecule has 4 nitrogen and oxygen atoms in total. The van der Waals surface area contributed by atoms with Crippen LogP contribution in [0, 0.1) is 0 Å². The number of hydrogen-bond acceptors (Lipinski definition) is 3. The fourth-order valence-electron chi connectivity index (χ4n) is 3.74. The second kappa shape index (κ2) is 7.45. The van der Waals surface area contributed by atoms with Crippen LogP contribution in [-0.4, -0.2) is 48.3 Å². The number of imide groups is 1. The van der Waals surface area contributed by atoms with Crippen LogP contribution in [-0.2, 0) is 15.0 Å². The number of likely N-dealkylation sites (tertiary alicyclic amines) is 2. The van der Waals surface area contributed by atoms with Crippen molar-refractivity contribution >= 4 is 24.2 Å². The third-order valence-electron chi connectivity index (χ3n) is 5.17. The van der Waals surface area contributed by atoms with E-state index in [0.29, 0.717) is 6.42 Å². The normalized spacial score (nSPS) is 25.5. The first-order chi connectivity index (χ1) is 10.6. The fraction of sp³-hybridized carbons (Fsp3) is 0.556. The highest BCUT2D eigenvalue weighted by Gasteiger charge is 2.50. The molecule has 1 unspecified atom stereocenters. The topological polar surface area (TPSA) is 40.6 Å². The van der Waals surface area contributed by atoms with Crippen molar-refractivity contribution in [1.29, 1.82) is 0 Å². The zero-order chi connectivity index (χ0) is 15.6. The molecule has 0 N–H and O–H groups in total. The first-order valence-electron chi connectivity index (χ1n) is 8.22. The molecule has 23 heavy (non-hydrogen) atoms. The van der Waals surface area contributed by atoms with Gasteiger partial charge in [0.2, 0.25) is 11.8 Å². The fourth-order valence-corrected chi connectivity index (χ4v) is 3.74. The monoisotopic (exact) mass is 336 g/mol. The van der Waals surface area contributed by atoms with E-state index in [9.17, 15) is 9.59 Å². The number of hydrogen-bond donors (Lipinski definition) is 0. The molecule has 0 aliphatic carbocycles. The van der Waals surface area contributed by atoms with Crippen LogP contribution in [0.3, 0.4) is 0 Å². The van der Waals surface area contributed by atoms with Crippen LogP contribution in [0.25, 0.3) is 0 Å². The highest BCUT2D eigenvalue weighted by Crippen LogP contribution is 2.39. The number of piperidine rings is 1. The lowest BCUT2D eigenvalue weighted by molar-refractivity contribution is -0.138. The van der Waals surface area contributed by atoms with Crippen LogP contribution < -0.4 is 0 Å². The molecule has 2 saturated heterocycles. The Bertz CT molecular complexity index is 557. The van der Waals surface area contributed by atoms with Gasteiger partial charge in [-0.05, 0) is 44.5 Å². The van der Waals surface area contributed by atoms with Crippen LogP contribution in [0.15, 0.2) is 30.3 Å². The summed E-state index contributed by atoms with van der Waals surface area (Å²) in [5, 5.41) is 0. The summed E-state index contributed by atoms with van der Waals surface area (Å²) in [7, 11) is 1.61.